The minimum absolute atomic E-state index is 0.287. The summed E-state index contributed by atoms with van der Waals surface area (Å²) in [5.41, 5.74) is 0. The monoisotopic (exact) mass is 343 g/mol. The highest BCUT2D eigenvalue weighted by Gasteiger charge is 2.16. The maximum absolute atomic E-state index is 12.1. The maximum atomic E-state index is 12.1. The molecule has 106 valence electrons. The van der Waals surface area contributed by atoms with Gasteiger partial charge in [-0.25, -0.2) is 0 Å². The van der Waals surface area contributed by atoms with Crippen LogP contribution in [0.4, 0.5) is 0 Å². The zero-order chi connectivity index (χ0) is 13.7. The molecule has 2 rings (SSSR count). The topological polar surface area (TPSA) is 20.3 Å². The molecule has 1 aromatic heterocycles. The van der Waals surface area contributed by atoms with Gasteiger partial charge in [-0.2, -0.15) is 0 Å². The normalized spacial score (nSPS) is 16.5. The molecule has 1 saturated carbocycles. The molecule has 0 radical (unpaired) electrons. The van der Waals surface area contributed by atoms with Crippen molar-refractivity contribution in [1.29, 1.82) is 0 Å². The molecule has 1 aromatic rings. The van der Waals surface area contributed by atoms with E-state index in [0.717, 1.165) is 22.7 Å². The molecule has 0 N–H and O–H groups in total. The molecule has 1 amide bonds. The van der Waals surface area contributed by atoms with E-state index in [0.29, 0.717) is 6.42 Å². The third kappa shape index (κ3) is 4.92. The first kappa shape index (κ1) is 15.0. The van der Waals surface area contributed by atoms with Gasteiger partial charge in [0, 0.05) is 18.3 Å². The molecule has 0 spiro atoms. The zero-order valence-corrected chi connectivity index (χ0v) is 13.9. The van der Waals surface area contributed by atoms with E-state index >= 15 is 0 Å². The zero-order valence-electron chi connectivity index (χ0n) is 11.5. The highest BCUT2D eigenvalue weighted by Crippen LogP contribution is 2.28. The van der Waals surface area contributed by atoms with Crippen molar-refractivity contribution in [2.45, 2.75) is 51.5 Å². The maximum Gasteiger partial charge on any atom is 0.222 e. The average molecular weight is 344 g/mol. The number of halogens is 1. The van der Waals surface area contributed by atoms with Crippen molar-refractivity contribution in [3.8, 4) is 0 Å². The van der Waals surface area contributed by atoms with Crippen LogP contribution in [0.3, 0.4) is 0 Å². The van der Waals surface area contributed by atoms with E-state index < -0.39 is 0 Å². The van der Waals surface area contributed by atoms with E-state index in [-0.39, 0.29) is 5.91 Å². The van der Waals surface area contributed by atoms with Crippen LogP contribution in [0.25, 0.3) is 0 Å². The Morgan fingerprint density at radius 3 is 2.74 bits per heavy atom. The largest absolute Gasteiger partial charge is 0.341 e. The Labute approximate surface area is 128 Å². The predicted molar refractivity (Wildman–Crippen MR) is 84.3 cm³/mol. The molecule has 2 nitrogen and oxygen atoms in total. The van der Waals surface area contributed by atoms with Crippen LogP contribution in [0.2, 0.25) is 0 Å². The van der Waals surface area contributed by atoms with Gasteiger partial charge < -0.3 is 4.90 Å². The first-order valence-electron chi connectivity index (χ1n) is 7.13. The smallest absolute Gasteiger partial charge is 0.222 e. The molecule has 0 unspecified atom stereocenters. The van der Waals surface area contributed by atoms with Crippen LogP contribution in [0.15, 0.2) is 15.9 Å². The first-order valence-corrected chi connectivity index (χ1v) is 8.74. The number of hydrogen-bond acceptors (Lipinski definition) is 2. The number of carbonyl (C=O) groups is 1. The van der Waals surface area contributed by atoms with Gasteiger partial charge in [0.1, 0.15) is 0 Å². The Bertz CT molecular complexity index is 412. The van der Waals surface area contributed by atoms with E-state index in [1.54, 1.807) is 11.3 Å². The van der Waals surface area contributed by atoms with Gasteiger partial charge in [-0.15, -0.1) is 11.3 Å². The third-order valence-electron chi connectivity index (χ3n) is 3.94. The van der Waals surface area contributed by atoms with Gasteiger partial charge >= 0.3 is 0 Å². The van der Waals surface area contributed by atoms with Crippen LogP contribution in [0.1, 0.15) is 49.8 Å². The molecule has 4 heteroatoms. The van der Waals surface area contributed by atoms with Gasteiger partial charge in [0.05, 0.1) is 10.3 Å². The summed E-state index contributed by atoms with van der Waals surface area (Å²) in [6.45, 7) is 0.736. The predicted octanol–water partition coefficient (Wildman–Crippen LogP) is 4.83. The summed E-state index contributed by atoms with van der Waals surface area (Å²) >= 11 is 5.16. The van der Waals surface area contributed by atoms with E-state index in [1.165, 1.54) is 37.0 Å². The Kier molecular flexibility index (Phi) is 5.89. The quantitative estimate of drug-likeness (QED) is 0.749. The standard InChI is InChI=1S/C15H22BrNOS/c1-17(11-13-8-9-14(16)19-13)15(18)10-7-12-5-3-2-4-6-12/h8-9,12H,2-7,10-11H2,1H3. The molecule has 0 atom stereocenters. The molecular formula is C15H22BrNOS. The highest BCUT2D eigenvalue weighted by atomic mass is 79.9. The van der Waals surface area contributed by atoms with Crippen LogP contribution in [0, 0.1) is 5.92 Å². The number of carbonyl (C=O) groups excluding carboxylic acids is 1. The number of hydrogen-bond donors (Lipinski definition) is 0. The fourth-order valence-electron chi connectivity index (χ4n) is 2.75. The SMILES string of the molecule is CN(Cc1ccc(Br)s1)C(=O)CCC1CCCCC1. The van der Waals surface area contributed by atoms with Crippen LogP contribution in [-0.2, 0) is 11.3 Å². The van der Waals surface area contributed by atoms with Gasteiger partial charge in [0.25, 0.3) is 0 Å². The summed E-state index contributed by atoms with van der Waals surface area (Å²) < 4.78 is 1.13. The summed E-state index contributed by atoms with van der Waals surface area (Å²) in [5, 5.41) is 0. The lowest BCUT2D eigenvalue weighted by molar-refractivity contribution is -0.130. The van der Waals surface area contributed by atoms with Crippen molar-refractivity contribution >= 4 is 33.2 Å². The van der Waals surface area contributed by atoms with E-state index in [1.807, 2.05) is 18.0 Å². The Morgan fingerprint density at radius 2 is 2.11 bits per heavy atom. The lowest BCUT2D eigenvalue weighted by Gasteiger charge is -2.22. The van der Waals surface area contributed by atoms with Crippen molar-refractivity contribution in [3.63, 3.8) is 0 Å². The average Bonchev–Trinajstić information content (AvgIpc) is 2.82. The number of nitrogens with zero attached hydrogens (tertiary/aromatic N) is 1. The number of thiophene rings is 1. The Hall–Kier alpha value is -0.350. The second-order valence-corrected chi connectivity index (χ2v) is 8.05. The molecule has 19 heavy (non-hydrogen) atoms. The third-order valence-corrected chi connectivity index (χ3v) is 5.55. The van der Waals surface area contributed by atoms with Crippen LogP contribution >= 0.6 is 27.3 Å². The molecule has 1 aliphatic carbocycles. The highest BCUT2D eigenvalue weighted by molar-refractivity contribution is 9.11. The summed E-state index contributed by atoms with van der Waals surface area (Å²) in [6.07, 6.45) is 8.56. The van der Waals surface area contributed by atoms with Crippen molar-refractivity contribution < 1.29 is 4.79 Å². The van der Waals surface area contributed by atoms with Crippen molar-refractivity contribution in [2.24, 2.45) is 5.92 Å². The number of rotatable bonds is 5. The van der Waals surface area contributed by atoms with Crippen LogP contribution < -0.4 is 0 Å². The van der Waals surface area contributed by atoms with Gasteiger partial charge in [-0.05, 0) is 40.4 Å². The Morgan fingerprint density at radius 1 is 1.37 bits per heavy atom. The van der Waals surface area contributed by atoms with Crippen molar-refractivity contribution in [2.75, 3.05) is 7.05 Å². The minimum Gasteiger partial charge on any atom is -0.341 e. The first-order chi connectivity index (χ1) is 9.15. The lowest BCUT2D eigenvalue weighted by Crippen LogP contribution is -2.26. The van der Waals surface area contributed by atoms with Gasteiger partial charge in [-0.1, -0.05) is 32.1 Å². The van der Waals surface area contributed by atoms with Crippen molar-refractivity contribution in [3.05, 3.63) is 20.8 Å². The second kappa shape index (κ2) is 7.44. The van der Waals surface area contributed by atoms with E-state index in [2.05, 4.69) is 22.0 Å². The van der Waals surface area contributed by atoms with Gasteiger partial charge in [0.2, 0.25) is 5.91 Å². The van der Waals surface area contributed by atoms with Crippen molar-refractivity contribution in [1.82, 2.24) is 4.90 Å². The molecule has 1 fully saturated rings. The van der Waals surface area contributed by atoms with Crippen LogP contribution in [-0.4, -0.2) is 17.9 Å². The fraction of sp³-hybridized carbons (Fsp3) is 0.667. The molecule has 0 bridgehead atoms. The van der Waals surface area contributed by atoms with Gasteiger partial charge in [-0.3, -0.25) is 4.79 Å². The molecule has 0 aliphatic heterocycles. The molecule has 0 saturated heterocycles. The lowest BCUT2D eigenvalue weighted by atomic mass is 9.86. The summed E-state index contributed by atoms with van der Waals surface area (Å²) in [5.74, 6) is 1.08. The number of amides is 1. The minimum atomic E-state index is 0.287. The van der Waals surface area contributed by atoms with E-state index in [9.17, 15) is 4.79 Å². The van der Waals surface area contributed by atoms with Gasteiger partial charge in [0.15, 0.2) is 0 Å². The molecule has 0 aromatic carbocycles. The Balaban J connectivity index is 1.72. The summed E-state index contributed by atoms with van der Waals surface area (Å²) in [7, 11) is 1.91. The van der Waals surface area contributed by atoms with E-state index in [4.69, 9.17) is 0 Å². The summed E-state index contributed by atoms with van der Waals surface area (Å²) in [4.78, 5) is 15.2. The second-order valence-electron chi connectivity index (χ2n) is 5.50. The molecule has 1 aliphatic rings. The summed E-state index contributed by atoms with van der Waals surface area (Å²) in [6, 6.07) is 4.13. The van der Waals surface area contributed by atoms with Crippen LogP contribution in [0.5, 0.6) is 0 Å². The molecule has 1 heterocycles. The fourth-order valence-corrected chi connectivity index (χ4v) is 4.29. The molecular weight excluding hydrogens is 322 g/mol.